The van der Waals surface area contributed by atoms with E-state index >= 15 is 0 Å². The first-order valence-corrected chi connectivity index (χ1v) is 8.30. The summed E-state index contributed by atoms with van der Waals surface area (Å²) >= 11 is 0. The highest BCUT2D eigenvalue weighted by molar-refractivity contribution is 7.91. The van der Waals surface area contributed by atoms with Gasteiger partial charge in [-0.2, -0.15) is 0 Å². The fourth-order valence-corrected chi connectivity index (χ4v) is 4.69. The van der Waals surface area contributed by atoms with E-state index in [1.54, 1.807) is 6.07 Å². The molecular formula is C14H19NO2S. The van der Waals surface area contributed by atoms with Crippen LogP contribution >= 0.6 is 0 Å². The molecule has 2 N–H and O–H groups in total. The van der Waals surface area contributed by atoms with E-state index in [4.69, 9.17) is 5.73 Å². The van der Waals surface area contributed by atoms with Crippen molar-refractivity contribution in [2.45, 2.75) is 43.0 Å². The Bertz CT molecular complexity index is 559. The molecule has 0 radical (unpaired) electrons. The molecule has 0 atom stereocenters. The first-order valence-electron chi connectivity index (χ1n) is 6.65. The van der Waals surface area contributed by atoms with Crippen LogP contribution in [0.25, 0.3) is 0 Å². The summed E-state index contributed by atoms with van der Waals surface area (Å²) < 4.78 is 23.8. The number of hydrogen-bond acceptors (Lipinski definition) is 3. The van der Waals surface area contributed by atoms with E-state index in [-0.39, 0.29) is 0 Å². The molecule has 1 heterocycles. The largest absolute Gasteiger partial charge is 0.328 e. The van der Waals surface area contributed by atoms with Gasteiger partial charge in [0.1, 0.15) is 0 Å². The number of fused-ring (bicyclic) bond motifs is 1. The molecule has 0 bridgehead atoms. The lowest BCUT2D eigenvalue weighted by molar-refractivity contribution is 0.264. The molecule has 4 heteroatoms. The summed E-state index contributed by atoms with van der Waals surface area (Å²) in [7, 11) is -3.01. The molecule has 0 aromatic heterocycles. The Kier molecular flexibility index (Phi) is 2.94. The maximum absolute atomic E-state index is 11.9. The molecule has 0 spiro atoms. The van der Waals surface area contributed by atoms with Crippen LogP contribution in [0.5, 0.6) is 0 Å². The lowest BCUT2D eigenvalue weighted by atomic mass is 9.77. The second kappa shape index (κ2) is 4.35. The maximum Gasteiger partial charge on any atom is 0.178 e. The Morgan fingerprint density at radius 1 is 1.28 bits per heavy atom. The molecule has 0 amide bonds. The fraction of sp³-hybridized carbons (Fsp3) is 0.571. The Morgan fingerprint density at radius 2 is 2.06 bits per heavy atom. The van der Waals surface area contributed by atoms with Crippen LogP contribution in [-0.4, -0.2) is 20.2 Å². The topological polar surface area (TPSA) is 60.2 Å². The van der Waals surface area contributed by atoms with E-state index in [2.05, 4.69) is 6.07 Å². The van der Waals surface area contributed by atoms with E-state index < -0.39 is 9.84 Å². The van der Waals surface area contributed by atoms with Gasteiger partial charge in [0.05, 0.1) is 10.6 Å². The molecule has 1 aromatic rings. The number of nitrogens with two attached hydrogens (primary N) is 1. The molecule has 0 unspecified atom stereocenters. The van der Waals surface area contributed by atoms with Gasteiger partial charge in [0.25, 0.3) is 0 Å². The third-order valence-electron chi connectivity index (χ3n) is 4.12. The fourth-order valence-electron chi connectivity index (χ4n) is 3.11. The molecule has 3 rings (SSSR count). The van der Waals surface area contributed by atoms with Gasteiger partial charge in [-0.1, -0.05) is 12.1 Å². The Hall–Kier alpha value is -0.870. The van der Waals surface area contributed by atoms with Gasteiger partial charge >= 0.3 is 0 Å². The predicted octanol–water partition coefficient (Wildman–Crippen LogP) is 1.69. The molecule has 1 fully saturated rings. The zero-order valence-corrected chi connectivity index (χ0v) is 11.2. The maximum atomic E-state index is 11.9. The average molecular weight is 265 g/mol. The minimum absolute atomic E-state index is 0.302. The second-order valence-electron chi connectivity index (χ2n) is 5.67. The predicted molar refractivity (Wildman–Crippen MR) is 71.2 cm³/mol. The quantitative estimate of drug-likeness (QED) is 0.885. The molecule has 1 aromatic carbocycles. The lowest BCUT2D eigenvalue weighted by Gasteiger charge is -2.32. The van der Waals surface area contributed by atoms with Gasteiger partial charge in [-0.05, 0) is 55.2 Å². The lowest BCUT2D eigenvalue weighted by Crippen LogP contribution is -2.37. The van der Waals surface area contributed by atoms with Gasteiger partial charge in [-0.3, -0.25) is 0 Å². The van der Waals surface area contributed by atoms with Crippen molar-refractivity contribution < 1.29 is 8.42 Å². The molecule has 1 saturated carbocycles. The highest BCUT2D eigenvalue weighted by Crippen LogP contribution is 2.31. The van der Waals surface area contributed by atoms with Gasteiger partial charge in [0, 0.05) is 6.04 Å². The van der Waals surface area contributed by atoms with Gasteiger partial charge < -0.3 is 5.73 Å². The summed E-state index contributed by atoms with van der Waals surface area (Å²) in [5, 5.41) is 0. The van der Waals surface area contributed by atoms with Gasteiger partial charge in [0.2, 0.25) is 0 Å². The molecule has 1 aliphatic carbocycles. The molecular weight excluding hydrogens is 246 g/mol. The Morgan fingerprint density at radius 3 is 2.78 bits per heavy atom. The van der Waals surface area contributed by atoms with E-state index in [1.165, 1.54) is 5.56 Å². The van der Waals surface area contributed by atoms with Crippen molar-refractivity contribution in [2.24, 2.45) is 11.7 Å². The minimum atomic E-state index is -3.01. The van der Waals surface area contributed by atoms with Crippen LogP contribution in [0.15, 0.2) is 23.1 Å². The van der Waals surface area contributed by atoms with E-state index in [1.807, 2.05) is 6.07 Å². The van der Waals surface area contributed by atoms with Gasteiger partial charge in [-0.25, -0.2) is 8.42 Å². The SMILES string of the molecule is NC1CC(Cc2ccc3c(c2)CCCS3(=O)=O)C1. The Balaban J connectivity index is 1.83. The number of aryl methyl sites for hydroxylation is 1. The number of benzene rings is 1. The summed E-state index contributed by atoms with van der Waals surface area (Å²) in [6.07, 6.45) is 4.91. The molecule has 2 aliphatic rings. The van der Waals surface area contributed by atoms with E-state index in [9.17, 15) is 8.42 Å². The smallest absolute Gasteiger partial charge is 0.178 e. The molecule has 1 aliphatic heterocycles. The van der Waals surface area contributed by atoms with Crippen molar-refractivity contribution in [3.8, 4) is 0 Å². The first-order chi connectivity index (χ1) is 8.54. The first kappa shape index (κ1) is 12.2. The summed E-state index contributed by atoms with van der Waals surface area (Å²) in [5.74, 6) is 0.995. The van der Waals surface area contributed by atoms with Crippen LogP contribution in [0.3, 0.4) is 0 Å². The van der Waals surface area contributed by atoms with Crippen molar-refractivity contribution in [3.05, 3.63) is 29.3 Å². The summed E-state index contributed by atoms with van der Waals surface area (Å²) in [5.41, 5.74) is 8.07. The van der Waals surface area contributed by atoms with Crippen molar-refractivity contribution >= 4 is 9.84 Å². The van der Waals surface area contributed by atoms with Crippen LogP contribution in [-0.2, 0) is 22.7 Å². The molecule has 98 valence electrons. The standard InChI is InChI=1S/C14H19NO2S/c15-13-8-11(9-13)6-10-3-4-14-12(7-10)2-1-5-18(14,16)17/h3-4,7,11,13H,1-2,5-6,8-9,15H2. The molecule has 0 saturated heterocycles. The summed E-state index contributed by atoms with van der Waals surface area (Å²) in [6, 6.07) is 6.26. The van der Waals surface area contributed by atoms with Crippen LogP contribution in [0.2, 0.25) is 0 Å². The van der Waals surface area contributed by atoms with Crippen molar-refractivity contribution in [1.29, 1.82) is 0 Å². The number of hydrogen-bond donors (Lipinski definition) is 1. The van der Waals surface area contributed by atoms with Crippen LogP contribution < -0.4 is 5.73 Å². The van der Waals surface area contributed by atoms with Crippen molar-refractivity contribution in [1.82, 2.24) is 0 Å². The number of rotatable bonds is 2. The molecule has 3 nitrogen and oxygen atoms in total. The highest BCUT2D eigenvalue weighted by atomic mass is 32.2. The van der Waals surface area contributed by atoms with Crippen molar-refractivity contribution in [3.63, 3.8) is 0 Å². The zero-order chi connectivity index (χ0) is 12.8. The van der Waals surface area contributed by atoms with Gasteiger partial charge in [0.15, 0.2) is 9.84 Å². The third kappa shape index (κ3) is 2.19. The van der Waals surface area contributed by atoms with E-state index in [0.717, 1.165) is 37.7 Å². The number of sulfone groups is 1. The van der Waals surface area contributed by atoms with Crippen LogP contribution in [0.4, 0.5) is 0 Å². The third-order valence-corrected chi connectivity index (χ3v) is 6.01. The van der Waals surface area contributed by atoms with E-state index in [0.29, 0.717) is 22.6 Å². The van der Waals surface area contributed by atoms with Crippen LogP contribution in [0.1, 0.15) is 30.4 Å². The summed E-state index contributed by atoms with van der Waals surface area (Å²) in [6.45, 7) is 0. The minimum Gasteiger partial charge on any atom is -0.328 e. The van der Waals surface area contributed by atoms with Crippen molar-refractivity contribution in [2.75, 3.05) is 5.75 Å². The normalized spacial score (nSPS) is 29.4. The highest BCUT2D eigenvalue weighted by Gasteiger charge is 2.27. The zero-order valence-electron chi connectivity index (χ0n) is 10.4. The summed E-state index contributed by atoms with van der Waals surface area (Å²) in [4.78, 5) is 0.558. The monoisotopic (exact) mass is 265 g/mol. The Labute approximate surface area is 108 Å². The van der Waals surface area contributed by atoms with Gasteiger partial charge in [-0.15, -0.1) is 0 Å². The average Bonchev–Trinajstić information content (AvgIpc) is 2.26. The molecule has 18 heavy (non-hydrogen) atoms. The van der Waals surface area contributed by atoms with Crippen LogP contribution in [0, 0.1) is 5.92 Å². The second-order valence-corrected chi connectivity index (χ2v) is 7.74.